The minimum absolute atomic E-state index is 0.0794. The van der Waals surface area contributed by atoms with Crippen molar-refractivity contribution in [2.75, 3.05) is 19.1 Å². The molecule has 1 aliphatic rings. The van der Waals surface area contributed by atoms with E-state index in [0.717, 1.165) is 43.0 Å². The van der Waals surface area contributed by atoms with E-state index in [9.17, 15) is 37.9 Å². The molecular formula is C31H23F3N4O6S. The van der Waals surface area contributed by atoms with E-state index in [-0.39, 0.29) is 38.9 Å². The van der Waals surface area contributed by atoms with E-state index in [1.807, 2.05) is 6.07 Å². The summed E-state index contributed by atoms with van der Waals surface area (Å²) in [4.78, 5) is 43.4. The molecule has 1 unspecified atom stereocenters. The predicted molar refractivity (Wildman–Crippen MR) is 156 cm³/mol. The Kier molecular flexibility index (Phi) is 9.63. The molecule has 2 heterocycles. The first-order chi connectivity index (χ1) is 21.4. The van der Waals surface area contributed by atoms with Crippen molar-refractivity contribution in [2.24, 2.45) is 5.73 Å². The van der Waals surface area contributed by atoms with Crippen molar-refractivity contribution in [3.05, 3.63) is 112 Å². The molecule has 1 aromatic heterocycles. The second-order valence-electron chi connectivity index (χ2n) is 9.21. The zero-order valence-corrected chi connectivity index (χ0v) is 24.3. The van der Waals surface area contributed by atoms with Crippen molar-refractivity contribution in [3.63, 3.8) is 0 Å². The third kappa shape index (κ3) is 6.84. The van der Waals surface area contributed by atoms with Gasteiger partial charge < -0.3 is 20.3 Å². The molecule has 1 atom stereocenters. The molecule has 0 spiro atoms. The first-order valence-corrected chi connectivity index (χ1v) is 13.6. The molecular weight excluding hydrogens is 613 g/mol. The van der Waals surface area contributed by atoms with Crippen LogP contribution >= 0.6 is 11.8 Å². The Labute approximate surface area is 258 Å². The van der Waals surface area contributed by atoms with Crippen LogP contribution in [-0.4, -0.2) is 42.2 Å². The summed E-state index contributed by atoms with van der Waals surface area (Å²) in [5.41, 5.74) is 5.79. The van der Waals surface area contributed by atoms with E-state index in [1.54, 1.807) is 30.3 Å². The van der Waals surface area contributed by atoms with Gasteiger partial charge in [0.15, 0.2) is 0 Å². The minimum Gasteiger partial charge on any atom is -0.478 e. The van der Waals surface area contributed by atoms with Crippen molar-refractivity contribution in [1.82, 2.24) is 4.98 Å². The van der Waals surface area contributed by atoms with Crippen LogP contribution in [0.5, 0.6) is 0 Å². The van der Waals surface area contributed by atoms with Crippen molar-refractivity contribution in [3.8, 4) is 6.07 Å². The maximum absolute atomic E-state index is 13.3. The van der Waals surface area contributed by atoms with Crippen LogP contribution in [-0.2, 0) is 30.0 Å². The van der Waals surface area contributed by atoms with Gasteiger partial charge in [-0.3, -0.25) is 4.90 Å². The van der Waals surface area contributed by atoms with Crippen LogP contribution in [0.4, 0.5) is 18.9 Å². The van der Waals surface area contributed by atoms with Gasteiger partial charge in [-0.05, 0) is 47.5 Å². The number of aromatic nitrogens is 1. The molecule has 3 aromatic rings. The summed E-state index contributed by atoms with van der Waals surface area (Å²) in [6.45, 7) is 0. The van der Waals surface area contributed by atoms with Crippen LogP contribution in [0.2, 0.25) is 0 Å². The fourth-order valence-electron chi connectivity index (χ4n) is 4.56. The summed E-state index contributed by atoms with van der Waals surface area (Å²) in [5.74, 6) is -4.51. The molecule has 0 fully saturated rings. The summed E-state index contributed by atoms with van der Waals surface area (Å²) < 4.78 is 49.1. The van der Waals surface area contributed by atoms with Crippen LogP contribution in [0.1, 0.15) is 22.6 Å². The van der Waals surface area contributed by atoms with Gasteiger partial charge in [0.2, 0.25) is 0 Å². The number of pyridine rings is 1. The molecule has 0 radical (unpaired) electrons. The largest absolute Gasteiger partial charge is 0.478 e. The van der Waals surface area contributed by atoms with Crippen LogP contribution in [0, 0.1) is 11.3 Å². The average Bonchev–Trinajstić information content (AvgIpc) is 3.03. The number of methoxy groups -OCH3 is 2. The molecule has 4 rings (SSSR count). The van der Waals surface area contributed by atoms with Crippen LogP contribution in [0.25, 0.3) is 6.08 Å². The number of nitrogens with two attached hydrogens (primary N) is 1. The van der Waals surface area contributed by atoms with Crippen molar-refractivity contribution in [2.45, 2.75) is 22.0 Å². The third-order valence-electron chi connectivity index (χ3n) is 6.55. The number of rotatable bonds is 8. The lowest BCUT2D eigenvalue weighted by Crippen LogP contribution is -2.40. The van der Waals surface area contributed by atoms with E-state index in [0.29, 0.717) is 16.7 Å². The minimum atomic E-state index is -4.58. The maximum Gasteiger partial charge on any atom is 0.417 e. The predicted octanol–water partition coefficient (Wildman–Crippen LogP) is 5.25. The molecule has 0 aliphatic carbocycles. The highest BCUT2D eigenvalue weighted by Gasteiger charge is 2.43. The van der Waals surface area contributed by atoms with Crippen LogP contribution < -0.4 is 10.6 Å². The molecule has 230 valence electrons. The lowest BCUT2D eigenvalue weighted by molar-refractivity contribution is -0.139. The topological polar surface area (TPSA) is 156 Å². The van der Waals surface area contributed by atoms with Gasteiger partial charge in [-0.1, -0.05) is 42.1 Å². The number of alkyl halides is 3. The summed E-state index contributed by atoms with van der Waals surface area (Å²) in [6, 6.07) is 16.9. The molecule has 14 heteroatoms. The van der Waals surface area contributed by atoms with Gasteiger partial charge in [0, 0.05) is 22.9 Å². The summed E-state index contributed by atoms with van der Waals surface area (Å²) in [5, 5.41) is 19.7. The first-order valence-electron chi connectivity index (χ1n) is 12.8. The fourth-order valence-corrected chi connectivity index (χ4v) is 5.41. The second kappa shape index (κ2) is 13.4. The number of hydrogen-bond acceptors (Lipinski definition) is 10. The number of ether oxygens (including phenoxy) is 2. The Morgan fingerprint density at radius 1 is 1.07 bits per heavy atom. The number of hydrogen-bond donors (Lipinski definition) is 2. The number of carboxylic acid groups (broad SMARTS) is 1. The Bertz CT molecular complexity index is 1780. The Morgan fingerprint density at radius 3 is 2.31 bits per heavy atom. The quantitative estimate of drug-likeness (QED) is 0.246. The number of nitriles is 1. The number of allylic oxidation sites excluding steroid dienone is 1. The van der Waals surface area contributed by atoms with Crippen molar-refractivity contribution < 1.29 is 42.1 Å². The number of nitrogens with zero attached hydrogens (tertiary/aromatic N) is 3. The Balaban J connectivity index is 1.93. The molecule has 10 nitrogen and oxygen atoms in total. The Morgan fingerprint density at radius 2 is 1.76 bits per heavy atom. The molecule has 45 heavy (non-hydrogen) atoms. The smallest absolute Gasteiger partial charge is 0.417 e. The van der Waals surface area contributed by atoms with Crippen molar-refractivity contribution in [1.29, 1.82) is 5.26 Å². The highest BCUT2D eigenvalue weighted by molar-refractivity contribution is 7.99. The highest BCUT2D eigenvalue weighted by atomic mass is 32.2. The molecule has 2 aromatic carbocycles. The average molecular weight is 637 g/mol. The van der Waals surface area contributed by atoms with Crippen LogP contribution in [0.3, 0.4) is 0 Å². The zero-order valence-electron chi connectivity index (χ0n) is 23.5. The number of halogens is 3. The van der Waals surface area contributed by atoms with Gasteiger partial charge in [0.05, 0.1) is 42.9 Å². The molecule has 0 saturated carbocycles. The summed E-state index contributed by atoms with van der Waals surface area (Å²) in [6.07, 6.45) is -1.84. The van der Waals surface area contributed by atoms with Gasteiger partial charge in [0.1, 0.15) is 16.5 Å². The van der Waals surface area contributed by atoms with E-state index in [4.69, 9.17) is 15.2 Å². The van der Waals surface area contributed by atoms with Gasteiger partial charge in [-0.2, -0.15) is 18.4 Å². The normalized spacial score (nSPS) is 15.2. The van der Waals surface area contributed by atoms with Gasteiger partial charge in [-0.25, -0.2) is 19.4 Å². The number of aliphatic carboxylic acids is 1. The first kappa shape index (κ1) is 32.4. The van der Waals surface area contributed by atoms with Crippen LogP contribution in [0.15, 0.2) is 106 Å². The lowest BCUT2D eigenvalue weighted by atomic mass is 9.81. The van der Waals surface area contributed by atoms with E-state index >= 15 is 0 Å². The SMILES string of the molecule is COC(=O)C1=C(C(=O)OC)N(c2ccc(Sc3ccc(C(F)(F)F)cn3)c(C=CC(=O)O)c2)C(N)=C(C#N)C1c1ccccc1. The molecule has 1 aliphatic heterocycles. The number of carbonyl (C=O) groups is 3. The van der Waals surface area contributed by atoms with Crippen molar-refractivity contribution >= 4 is 41.4 Å². The Hall–Kier alpha value is -5.55. The molecule has 0 amide bonds. The maximum atomic E-state index is 13.3. The molecule has 0 saturated heterocycles. The fraction of sp³-hybridized carbons (Fsp3) is 0.129. The van der Waals surface area contributed by atoms with Gasteiger partial charge >= 0.3 is 24.1 Å². The third-order valence-corrected chi connectivity index (χ3v) is 7.59. The molecule has 3 N–H and O–H groups in total. The van der Waals surface area contributed by atoms with E-state index < -0.39 is 35.6 Å². The highest BCUT2D eigenvalue weighted by Crippen LogP contribution is 2.44. The number of carbonyl (C=O) groups excluding carboxylic acids is 2. The monoisotopic (exact) mass is 636 g/mol. The van der Waals surface area contributed by atoms with Gasteiger partial charge in [0.25, 0.3) is 0 Å². The molecule has 0 bridgehead atoms. The van der Waals surface area contributed by atoms with Gasteiger partial charge in [-0.15, -0.1) is 0 Å². The summed E-state index contributed by atoms with van der Waals surface area (Å²) >= 11 is 0.950. The van der Waals surface area contributed by atoms with E-state index in [1.165, 1.54) is 30.3 Å². The standard InChI is InChI=1S/C31H23F3N4O6S/c1-43-29(41)26-25(17-6-4-3-5-7-17)21(15-35)28(36)38(27(26)30(42)44-2)20-10-11-22(18(14-20)8-13-24(39)40)45-23-12-9-19(16-37-23)31(32,33)34/h3-14,16,25H,36H2,1-2H3,(H,39,40). The zero-order chi connectivity index (χ0) is 32.9. The number of anilines is 1. The number of benzene rings is 2. The second-order valence-corrected chi connectivity index (χ2v) is 10.3. The lowest BCUT2D eigenvalue weighted by Gasteiger charge is -2.36. The number of esters is 2. The number of carboxylic acids is 1. The van der Waals surface area contributed by atoms with E-state index in [2.05, 4.69) is 4.98 Å². The summed E-state index contributed by atoms with van der Waals surface area (Å²) in [7, 11) is 2.21.